The van der Waals surface area contributed by atoms with Crippen LogP contribution in [0, 0.1) is 0 Å². The zero-order valence-electron chi connectivity index (χ0n) is 17.5. The van der Waals surface area contributed by atoms with Crippen LogP contribution in [0.25, 0.3) is 0 Å². The molecular weight excluding hydrogens is 358 g/mol. The maximum Gasteiger partial charge on any atom is 0.407 e. The quantitative estimate of drug-likeness (QED) is 0.308. The molecule has 0 aliphatic rings. The number of amides is 2. The van der Waals surface area contributed by atoms with E-state index in [1.807, 2.05) is 45.9 Å². The van der Waals surface area contributed by atoms with Crippen LogP contribution >= 0.6 is 0 Å². The van der Waals surface area contributed by atoms with Crippen LogP contribution < -0.4 is 21.3 Å². The molecule has 28 heavy (non-hydrogen) atoms. The van der Waals surface area contributed by atoms with E-state index in [0.717, 1.165) is 18.5 Å². The third-order valence-electron chi connectivity index (χ3n) is 3.49. The van der Waals surface area contributed by atoms with Gasteiger partial charge in [0.2, 0.25) is 0 Å². The normalized spacial score (nSPS) is 11.5. The van der Waals surface area contributed by atoms with Gasteiger partial charge in [-0.1, -0.05) is 12.1 Å². The monoisotopic (exact) mass is 391 g/mol. The number of benzene rings is 1. The number of hydrogen-bond acceptors (Lipinski definition) is 4. The third kappa shape index (κ3) is 9.80. The van der Waals surface area contributed by atoms with E-state index in [4.69, 9.17) is 4.74 Å². The molecule has 0 radical (unpaired) electrons. The van der Waals surface area contributed by atoms with E-state index in [2.05, 4.69) is 26.3 Å². The Morgan fingerprint density at radius 2 is 1.82 bits per heavy atom. The molecule has 0 saturated heterocycles. The fourth-order valence-corrected chi connectivity index (χ4v) is 2.27. The Bertz CT molecular complexity index is 668. The lowest BCUT2D eigenvalue weighted by molar-refractivity contribution is 0.0527. The first-order valence-corrected chi connectivity index (χ1v) is 9.55. The van der Waals surface area contributed by atoms with E-state index in [-0.39, 0.29) is 5.91 Å². The molecule has 4 N–H and O–H groups in total. The first-order valence-electron chi connectivity index (χ1n) is 9.55. The van der Waals surface area contributed by atoms with Crippen molar-refractivity contribution in [3.05, 3.63) is 35.4 Å². The van der Waals surface area contributed by atoms with Gasteiger partial charge in [0.05, 0.1) is 6.54 Å². The summed E-state index contributed by atoms with van der Waals surface area (Å²) in [5, 5.41) is 11.7. The summed E-state index contributed by atoms with van der Waals surface area (Å²) in [4.78, 5) is 27.9. The fraction of sp³-hybridized carbons (Fsp3) is 0.550. The van der Waals surface area contributed by atoms with E-state index in [9.17, 15) is 9.59 Å². The molecule has 1 rings (SSSR count). The van der Waals surface area contributed by atoms with Crippen LogP contribution in [0.2, 0.25) is 0 Å². The molecule has 0 unspecified atom stereocenters. The highest BCUT2D eigenvalue weighted by Gasteiger charge is 2.15. The van der Waals surface area contributed by atoms with Gasteiger partial charge in [0.15, 0.2) is 5.96 Å². The van der Waals surface area contributed by atoms with Gasteiger partial charge in [0, 0.05) is 32.2 Å². The standard InChI is InChI=1S/C20H33N5O3/c1-6-22-18(23-11-8-12-24-19(27)28-20(2,3)4)25-14-15-9-7-10-16(13-15)17(26)21-5/h7,9-10,13H,6,8,11-12,14H2,1-5H3,(H,21,26)(H,24,27)(H2,22,23,25). The largest absolute Gasteiger partial charge is 0.444 e. The van der Waals surface area contributed by atoms with Gasteiger partial charge in [-0.05, 0) is 51.8 Å². The number of ether oxygens (including phenoxy) is 1. The number of hydrogen-bond donors (Lipinski definition) is 4. The number of nitrogens with zero attached hydrogens (tertiary/aromatic N) is 1. The minimum atomic E-state index is -0.498. The van der Waals surface area contributed by atoms with Gasteiger partial charge in [0.25, 0.3) is 5.91 Å². The minimum Gasteiger partial charge on any atom is -0.444 e. The van der Waals surface area contributed by atoms with Crippen LogP contribution in [0.4, 0.5) is 4.79 Å². The molecule has 8 heteroatoms. The first kappa shape index (κ1) is 23.3. The predicted octanol–water partition coefficient (Wildman–Crippen LogP) is 2.02. The van der Waals surface area contributed by atoms with Gasteiger partial charge < -0.3 is 26.0 Å². The Hall–Kier alpha value is -2.77. The second kappa shape index (κ2) is 11.8. The van der Waals surface area contributed by atoms with E-state index in [1.165, 1.54) is 0 Å². The SMILES string of the molecule is CCNC(=NCc1cccc(C(=O)NC)c1)NCCCNC(=O)OC(C)(C)C. The zero-order chi connectivity index (χ0) is 21.0. The molecule has 0 bridgehead atoms. The molecule has 0 atom stereocenters. The Labute approximate surface area is 167 Å². The van der Waals surface area contributed by atoms with Gasteiger partial charge >= 0.3 is 6.09 Å². The van der Waals surface area contributed by atoms with Crippen molar-refractivity contribution in [2.24, 2.45) is 4.99 Å². The smallest absolute Gasteiger partial charge is 0.407 e. The number of carbonyl (C=O) groups is 2. The topological polar surface area (TPSA) is 104 Å². The Kier molecular flexibility index (Phi) is 9.84. The molecule has 1 aromatic rings. The first-order chi connectivity index (χ1) is 13.2. The summed E-state index contributed by atoms with van der Waals surface area (Å²) in [6.07, 6.45) is 0.319. The Morgan fingerprint density at radius 3 is 2.46 bits per heavy atom. The molecule has 0 aromatic heterocycles. The molecule has 0 aliphatic carbocycles. The summed E-state index contributed by atoms with van der Waals surface area (Å²) < 4.78 is 5.19. The number of rotatable bonds is 8. The zero-order valence-corrected chi connectivity index (χ0v) is 17.5. The van der Waals surface area contributed by atoms with E-state index in [0.29, 0.717) is 31.2 Å². The molecule has 0 saturated carbocycles. The van der Waals surface area contributed by atoms with Crippen molar-refractivity contribution in [2.45, 2.75) is 46.3 Å². The molecule has 0 aliphatic heterocycles. The van der Waals surface area contributed by atoms with Crippen molar-refractivity contribution in [1.82, 2.24) is 21.3 Å². The third-order valence-corrected chi connectivity index (χ3v) is 3.49. The fourth-order valence-electron chi connectivity index (χ4n) is 2.27. The molecule has 8 nitrogen and oxygen atoms in total. The van der Waals surface area contributed by atoms with Crippen molar-refractivity contribution in [2.75, 3.05) is 26.7 Å². The maximum absolute atomic E-state index is 11.7. The minimum absolute atomic E-state index is 0.117. The second-order valence-electron chi connectivity index (χ2n) is 7.18. The molecule has 1 aromatic carbocycles. The Balaban J connectivity index is 2.46. The van der Waals surface area contributed by atoms with Crippen LogP contribution in [0.3, 0.4) is 0 Å². The Morgan fingerprint density at radius 1 is 1.11 bits per heavy atom. The highest BCUT2D eigenvalue weighted by Crippen LogP contribution is 2.07. The van der Waals surface area contributed by atoms with Crippen molar-refractivity contribution in [3.63, 3.8) is 0 Å². The van der Waals surface area contributed by atoms with Crippen molar-refractivity contribution in [3.8, 4) is 0 Å². The summed E-state index contributed by atoms with van der Waals surface area (Å²) in [5.41, 5.74) is 1.06. The number of alkyl carbamates (subject to hydrolysis) is 1. The molecule has 0 fully saturated rings. The molecule has 0 spiro atoms. The predicted molar refractivity (Wildman–Crippen MR) is 112 cm³/mol. The highest BCUT2D eigenvalue weighted by atomic mass is 16.6. The maximum atomic E-state index is 11.7. The summed E-state index contributed by atoms with van der Waals surface area (Å²) >= 11 is 0. The lowest BCUT2D eigenvalue weighted by atomic mass is 10.1. The summed E-state index contributed by atoms with van der Waals surface area (Å²) in [6.45, 7) is 9.84. The van der Waals surface area contributed by atoms with E-state index < -0.39 is 11.7 Å². The highest BCUT2D eigenvalue weighted by molar-refractivity contribution is 5.94. The molecule has 156 valence electrons. The van der Waals surface area contributed by atoms with Crippen LogP contribution in [0.5, 0.6) is 0 Å². The average molecular weight is 392 g/mol. The average Bonchev–Trinajstić information content (AvgIpc) is 2.63. The van der Waals surface area contributed by atoms with E-state index in [1.54, 1.807) is 13.1 Å². The lowest BCUT2D eigenvalue weighted by Crippen LogP contribution is -2.39. The second-order valence-corrected chi connectivity index (χ2v) is 7.18. The number of nitrogens with one attached hydrogen (secondary N) is 4. The van der Waals surface area contributed by atoms with Crippen LogP contribution in [-0.4, -0.2) is 50.2 Å². The van der Waals surface area contributed by atoms with Crippen LogP contribution in [0.15, 0.2) is 29.3 Å². The lowest BCUT2D eigenvalue weighted by Gasteiger charge is -2.19. The van der Waals surface area contributed by atoms with Gasteiger partial charge in [-0.25, -0.2) is 9.79 Å². The number of aliphatic imine (C=N–C) groups is 1. The number of guanidine groups is 1. The van der Waals surface area contributed by atoms with E-state index >= 15 is 0 Å². The van der Waals surface area contributed by atoms with Crippen molar-refractivity contribution >= 4 is 18.0 Å². The summed E-state index contributed by atoms with van der Waals surface area (Å²) in [5.74, 6) is 0.568. The van der Waals surface area contributed by atoms with Crippen molar-refractivity contribution < 1.29 is 14.3 Å². The summed E-state index contributed by atoms with van der Waals surface area (Å²) in [7, 11) is 1.61. The summed E-state index contributed by atoms with van der Waals surface area (Å²) in [6, 6.07) is 7.38. The number of carbonyl (C=O) groups excluding carboxylic acids is 2. The van der Waals surface area contributed by atoms with Gasteiger partial charge in [0.1, 0.15) is 5.60 Å². The van der Waals surface area contributed by atoms with Gasteiger partial charge in [-0.15, -0.1) is 0 Å². The van der Waals surface area contributed by atoms with Gasteiger partial charge in [-0.2, -0.15) is 0 Å². The van der Waals surface area contributed by atoms with Gasteiger partial charge in [-0.3, -0.25) is 4.79 Å². The van der Waals surface area contributed by atoms with Crippen LogP contribution in [-0.2, 0) is 11.3 Å². The van der Waals surface area contributed by atoms with Crippen molar-refractivity contribution in [1.29, 1.82) is 0 Å². The van der Waals surface area contributed by atoms with Crippen LogP contribution in [0.1, 0.15) is 50.0 Å². The molecule has 0 heterocycles. The molecular formula is C20H33N5O3. The molecule has 2 amide bonds.